The number of halogens is 5. The zero-order chi connectivity index (χ0) is 24.2. The Morgan fingerprint density at radius 2 is 2.06 bits per heavy atom. The van der Waals surface area contributed by atoms with Gasteiger partial charge in [0.05, 0.1) is 23.7 Å². The number of fused-ring (bicyclic) bond motifs is 2. The third-order valence-electron chi connectivity index (χ3n) is 5.69. The molecule has 3 aromatic heterocycles. The standard InChI is InChI=1S/C21H15ClF4N6O2/c22-12-7-16-18(33)27-8-13(32(16)9-12)5-11-1-2-15(23)14(6-11)19(34)30-3-4-31-17(10-30)28-29-20(31)21(24,25)26/h1-2,6-9H,3-5,10H2,(H,27,33)/p+1. The molecule has 8 nitrogen and oxygen atoms in total. The van der Waals surface area contributed by atoms with E-state index in [1.807, 2.05) is 0 Å². The van der Waals surface area contributed by atoms with Gasteiger partial charge >= 0.3 is 12.0 Å². The number of amides is 1. The van der Waals surface area contributed by atoms with Crippen molar-refractivity contribution in [2.75, 3.05) is 6.54 Å². The molecule has 2 N–H and O–H groups in total. The summed E-state index contributed by atoms with van der Waals surface area (Å²) in [5.41, 5.74) is 1.08. The minimum Gasteiger partial charge on any atom is -0.326 e. The zero-order valence-electron chi connectivity index (χ0n) is 17.3. The van der Waals surface area contributed by atoms with E-state index in [4.69, 9.17) is 11.6 Å². The van der Waals surface area contributed by atoms with Crippen LogP contribution in [0.25, 0.3) is 5.52 Å². The number of aromatic amines is 2. The largest absolute Gasteiger partial charge is 0.485 e. The Kier molecular flexibility index (Phi) is 5.19. The summed E-state index contributed by atoms with van der Waals surface area (Å²) in [6.07, 6.45) is -1.27. The van der Waals surface area contributed by atoms with Crippen molar-refractivity contribution < 1.29 is 26.9 Å². The highest BCUT2D eigenvalue weighted by molar-refractivity contribution is 6.31. The summed E-state index contributed by atoms with van der Waals surface area (Å²) in [6.45, 7) is -0.337. The van der Waals surface area contributed by atoms with Crippen LogP contribution in [0.4, 0.5) is 17.6 Å². The summed E-state index contributed by atoms with van der Waals surface area (Å²) in [4.78, 5) is 28.9. The smallest absolute Gasteiger partial charge is 0.326 e. The van der Waals surface area contributed by atoms with Gasteiger partial charge in [0, 0.05) is 29.6 Å². The molecule has 0 saturated carbocycles. The third kappa shape index (κ3) is 3.83. The van der Waals surface area contributed by atoms with Crippen LogP contribution in [0.3, 0.4) is 0 Å². The van der Waals surface area contributed by atoms with Gasteiger partial charge in [-0.05, 0) is 23.8 Å². The van der Waals surface area contributed by atoms with E-state index in [1.54, 1.807) is 10.6 Å². The molecule has 0 radical (unpaired) electrons. The van der Waals surface area contributed by atoms with E-state index >= 15 is 0 Å². The first kappa shape index (κ1) is 22.1. The van der Waals surface area contributed by atoms with Crippen LogP contribution in [-0.4, -0.2) is 36.9 Å². The molecule has 4 aromatic rings. The van der Waals surface area contributed by atoms with Gasteiger partial charge in [-0.1, -0.05) is 17.7 Å². The predicted octanol–water partition coefficient (Wildman–Crippen LogP) is 2.70. The third-order valence-corrected chi connectivity index (χ3v) is 5.90. The number of carbonyl (C=O) groups excluding carboxylic acids is 1. The molecule has 1 aliphatic heterocycles. The number of hydrogen-bond acceptors (Lipinski definition) is 3. The number of rotatable bonds is 3. The number of nitrogens with one attached hydrogen (secondary N) is 2. The summed E-state index contributed by atoms with van der Waals surface area (Å²) in [5.74, 6) is -2.36. The van der Waals surface area contributed by atoms with Gasteiger partial charge in [-0.3, -0.25) is 9.59 Å². The average Bonchev–Trinajstić information content (AvgIpc) is 3.40. The van der Waals surface area contributed by atoms with E-state index < -0.39 is 23.7 Å². The molecule has 5 rings (SSSR count). The van der Waals surface area contributed by atoms with Crippen molar-refractivity contribution >= 4 is 23.0 Å². The second-order valence-corrected chi connectivity index (χ2v) is 8.32. The second-order valence-electron chi connectivity index (χ2n) is 7.88. The molecule has 0 aliphatic carbocycles. The van der Waals surface area contributed by atoms with E-state index in [2.05, 4.69) is 15.2 Å². The Morgan fingerprint density at radius 1 is 1.26 bits per heavy atom. The van der Waals surface area contributed by atoms with Crippen molar-refractivity contribution in [2.24, 2.45) is 0 Å². The maximum atomic E-state index is 14.6. The van der Waals surface area contributed by atoms with Crippen LogP contribution in [0, 0.1) is 5.82 Å². The molecule has 13 heteroatoms. The van der Waals surface area contributed by atoms with Crippen LogP contribution in [0.5, 0.6) is 0 Å². The fourth-order valence-electron chi connectivity index (χ4n) is 4.10. The highest BCUT2D eigenvalue weighted by Gasteiger charge is 2.46. The lowest BCUT2D eigenvalue weighted by Gasteiger charge is -2.25. The van der Waals surface area contributed by atoms with Crippen molar-refractivity contribution in [3.63, 3.8) is 0 Å². The summed E-state index contributed by atoms with van der Waals surface area (Å²) in [5, 5.41) is 6.00. The monoisotopic (exact) mass is 495 g/mol. The Balaban J connectivity index is 1.41. The van der Waals surface area contributed by atoms with Crippen molar-refractivity contribution in [3.05, 3.63) is 86.3 Å². The molecule has 1 amide bonds. The molecule has 34 heavy (non-hydrogen) atoms. The highest BCUT2D eigenvalue weighted by Crippen LogP contribution is 2.26. The van der Waals surface area contributed by atoms with Crippen LogP contribution in [0.2, 0.25) is 5.02 Å². The Hall–Kier alpha value is -3.67. The molecule has 0 spiro atoms. The predicted molar refractivity (Wildman–Crippen MR) is 111 cm³/mol. The normalized spacial score (nSPS) is 14.0. The number of H-pyrrole nitrogens is 2. The van der Waals surface area contributed by atoms with Crippen LogP contribution < -0.4 is 10.1 Å². The fraction of sp³-hybridized carbons (Fsp3) is 0.238. The molecule has 0 atom stereocenters. The number of benzene rings is 1. The van der Waals surface area contributed by atoms with E-state index in [1.165, 1.54) is 29.3 Å². The molecule has 0 unspecified atom stereocenters. The van der Waals surface area contributed by atoms with Gasteiger partial charge in [-0.2, -0.15) is 13.2 Å². The van der Waals surface area contributed by atoms with Crippen molar-refractivity contribution in [2.45, 2.75) is 25.7 Å². The summed E-state index contributed by atoms with van der Waals surface area (Å²) in [6, 6.07) is 5.60. The first-order chi connectivity index (χ1) is 16.1. The molecule has 0 saturated heterocycles. The van der Waals surface area contributed by atoms with Crippen molar-refractivity contribution in [3.8, 4) is 0 Å². The molecule has 0 bridgehead atoms. The van der Waals surface area contributed by atoms with Crippen LogP contribution in [0.1, 0.15) is 33.3 Å². The number of carbonyl (C=O) groups is 1. The maximum Gasteiger partial charge on any atom is 0.485 e. The van der Waals surface area contributed by atoms with Crippen LogP contribution in [0.15, 0.2) is 41.5 Å². The lowest BCUT2D eigenvalue weighted by atomic mass is 10.0. The van der Waals surface area contributed by atoms with Gasteiger partial charge in [0.1, 0.15) is 17.9 Å². The van der Waals surface area contributed by atoms with Crippen LogP contribution in [-0.2, 0) is 25.7 Å². The van der Waals surface area contributed by atoms with E-state index in [0.717, 1.165) is 10.6 Å². The zero-order valence-corrected chi connectivity index (χ0v) is 18.0. The van der Waals surface area contributed by atoms with Crippen molar-refractivity contribution in [1.29, 1.82) is 0 Å². The van der Waals surface area contributed by atoms with Gasteiger partial charge in [0.15, 0.2) is 0 Å². The number of aromatic nitrogens is 5. The minimum atomic E-state index is -4.63. The average molecular weight is 496 g/mol. The Bertz CT molecular complexity index is 1490. The van der Waals surface area contributed by atoms with Crippen molar-refractivity contribution in [1.82, 2.24) is 24.5 Å². The van der Waals surface area contributed by atoms with E-state index in [9.17, 15) is 27.2 Å². The van der Waals surface area contributed by atoms with Gasteiger partial charge in [0.25, 0.3) is 17.3 Å². The number of hydrogen-bond donors (Lipinski definition) is 2. The topological polar surface area (TPSA) is 90.1 Å². The maximum absolute atomic E-state index is 14.6. The second kappa shape index (κ2) is 7.97. The first-order valence-electron chi connectivity index (χ1n) is 10.1. The van der Waals surface area contributed by atoms with Gasteiger partial charge in [-0.25, -0.2) is 8.96 Å². The lowest BCUT2D eigenvalue weighted by Crippen LogP contribution is -2.54. The summed E-state index contributed by atoms with van der Waals surface area (Å²) >= 11 is 6.02. The molecular formula is C21H16ClF4N6O2+. The lowest BCUT2D eigenvalue weighted by molar-refractivity contribution is -0.727. The molecule has 176 valence electrons. The van der Waals surface area contributed by atoms with E-state index in [0.29, 0.717) is 21.8 Å². The SMILES string of the molecule is O=C(c1cc(Cc2c[nH]c(=O)c3cc(Cl)cn23)ccc1F)N1CC[n+]2c(C(F)(F)F)n[nH]c2C1. The molecule has 1 aromatic carbocycles. The molecular weight excluding hydrogens is 480 g/mol. The highest BCUT2D eigenvalue weighted by atomic mass is 35.5. The molecule has 1 aliphatic rings. The minimum absolute atomic E-state index is 0.0365. The fourth-order valence-corrected chi connectivity index (χ4v) is 4.30. The molecule has 0 fully saturated rings. The first-order valence-corrected chi connectivity index (χ1v) is 10.5. The molecule has 4 heterocycles. The number of nitrogens with zero attached hydrogens (tertiary/aromatic N) is 4. The Labute approximate surface area is 193 Å². The van der Waals surface area contributed by atoms with Gasteiger partial charge in [-0.15, -0.1) is 5.10 Å². The quantitative estimate of drug-likeness (QED) is 0.338. The van der Waals surface area contributed by atoms with Gasteiger partial charge < -0.3 is 14.3 Å². The Morgan fingerprint density at radius 3 is 2.82 bits per heavy atom. The summed E-state index contributed by atoms with van der Waals surface area (Å²) < 4.78 is 56.4. The van der Waals surface area contributed by atoms with E-state index in [-0.39, 0.29) is 43.0 Å². The number of alkyl halides is 3. The van der Waals surface area contributed by atoms with Crippen LogP contribution >= 0.6 is 11.6 Å². The van der Waals surface area contributed by atoms with Gasteiger partial charge in [0.2, 0.25) is 0 Å². The summed E-state index contributed by atoms with van der Waals surface area (Å²) in [7, 11) is 0.